The summed E-state index contributed by atoms with van der Waals surface area (Å²) >= 11 is 0. The predicted molar refractivity (Wildman–Crippen MR) is 164 cm³/mol. The van der Waals surface area contributed by atoms with Gasteiger partial charge in [0.1, 0.15) is 11.5 Å². The molecule has 0 bridgehead atoms. The Morgan fingerprint density at radius 3 is 1.18 bits per heavy atom. The molecule has 0 amide bonds. The summed E-state index contributed by atoms with van der Waals surface area (Å²) in [6.45, 7) is 17.3. The number of phenolic OH excluding ortho intramolecular Hbond substituents is 2. The Hall–Kier alpha value is -3.52. The third-order valence-electron chi connectivity index (χ3n) is 7.95. The average Bonchev–Trinajstić information content (AvgIpc) is 2.89. The molecule has 204 valence electrons. The molecule has 4 rings (SSSR count). The standard InChI is InChI=1S/C37H44O2/c1-24(28-15-11-9-12-16-28)30-20-26(22-32(34(30)38)36(3,4)5)19-27-21-31(25(2)29-17-13-10-14-18-29)35(39)33(23-27)37(6,7)8/h9-18,20-25,38-39H,19H2,1-8H3/t24-,25+. The first-order valence-corrected chi connectivity index (χ1v) is 14.1. The molecule has 39 heavy (non-hydrogen) atoms. The van der Waals surface area contributed by atoms with Gasteiger partial charge in [0, 0.05) is 23.0 Å². The maximum Gasteiger partial charge on any atom is 0.123 e. The van der Waals surface area contributed by atoms with E-state index in [1.165, 1.54) is 22.3 Å². The van der Waals surface area contributed by atoms with Gasteiger partial charge in [0.2, 0.25) is 0 Å². The largest absolute Gasteiger partial charge is 0.507 e. The van der Waals surface area contributed by atoms with Crippen LogP contribution in [-0.2, 0) is 17.3 Å². The molecule has 0 saturated heterocycles. The van der Waals surface area contributed by atoms with Crippen molar-refractivity contribution >= 4 is 0 Å². The molecule has 4 aromatic rings. The van der Waals surface area contributed by atoms with Crippen LogP contribution >= 0.6 is 0 Å². The van der Waals surface area contributed by atoms with E-state index in [2.05, 4.69) is 128 Å². The van der Waals surface area contributed by atoms with Crippen molar-refractivity contribution in [3.63, 3.8) is 0 Å². The molecule has 0 fully saturated rings. The van der Waals surface area contributed by atoms with E-state index in [4.69, 9.17) is 0 Å². The second kappa shape index (κ2) is 10.9. The Morgan fingerprint density at radius 1 is 0.538 bits per heavy atom. The lowest BCUT2D eigenvalue weighted by molar-refractivity contribution is 0.438. The zero-order chi connectivity index (χ0) is 28.5. The average molecular weight is 521 g/mol. The van der Waals surface area contributed by atoms with Crippen LogP contribution in [0.4, 0.5) is 0 Å². The molecule has 2 atom stereocenters. The summed E-state index contributed by atoms with van der Waals surface area (Å²) in [5.74, 6) is 0.904. The number of hydrogen-bond acceptors (Lipinski definition) is 2. The van der Waals surface area contributed by atoms with Gasteiger partial charge in [0.25, 0.3) is 0 Å². The van der Waals surface area contributed by atoms with Crippen LogP contribution in [0.2, 0.25) is 0 Å². The number of aromatic hydroxyl groups is 2. The second-order valence-corrected chi connectivity index (χ2v) is 13.1. The van der Waals surface area contributed by atoms with Crippen molar-refractivity contribution < 1.29 is 10.2 Å². The highest BCUT2D eigenvalue weighted by Gasteiger charge is 2.26. The highest BCUT2D eigenvalue weighted by Crippen LogP contribution is 2.42. The van der Waals surface area contributed by atoms with E-state index in [-0.39, 0.29) is 22.7 Å². The van der Waals surface area contributed by atoms with E-state index in [0.717, 1.165) is 28.7 Å². The minimum Gasteiger partial charge on any atom is -0.507 e. The summed E-state index contributed by atoms with van der Waals surface area (Å²) in [4.78, 5) is 0. The zero-order valence-electron chi connectivity index (χ0n) is 24.8. The first kappa shape index (κ1) is 28.5. The fraction of sp³-hybridized carbons (Fsp3) is 0.351. The Bertz CT molecular complexity index is 1310. The first-order valence-electron chi connectivity index (χ1n) is 14.1. The van der Waals surface area contributed by atoms with Gasteiger partial charge in [-0.25, -0.2) is 0 Å². The maximum absolute atomic E-state index is 11.4. The van der Waals surface area contributed by atoms with Crippen molar-refractivity contribution in [3.05, 3.63) is 129 Å². The van der Waals surface area contributed by atoms with Gasteiger partial charge in [-0.1, -0.05) is 140 Å². The molecule has 0 aliphatic heterocycles. The van der Waals surface area contributed by atoms with Gasteiger partial charge in [-0.2, -0.15) is 0 Å². The Kier molecular flexibility index (Phi) is 7.98. The fourth-order valence-corrected chi connectivity index (χ4v) is 5.52. The summed E-state index contributed by atoms with van der Waals surface area (Å²) < 4.78 is 0. The quantitative estimate of drug-likeness (QED) is 0.266. The van der Waals surface area contributed by atoms with Gasteiger partial charge < -0.3 is 10.2 Å². The first-order chi connectivity index (χ1) is 18.3. The van der Waals surface area contributed by atoms with E-state index in [0.29, 0.717) is 11.5 Å². The van der Waals surface area contributed by atoms with Crippen LogP contribution in [0.1, 0.15) is 112 Å². The zero-order valence-corrected chi connectivity index (χ0v) is 24.8. The molecule has 2 N–H and O–H groups in total. The van der Waals surface area contributed by atoms with Crippen molar-refractivity contribution in [2.24, 2.45) is 0 Å². The third kappa shape index (κ3) is 6.22. The molecule has 2 heteroatoms. The predicted octanol–water partition coefficient (Wildman–Crippen LogP) is 9.59. The molecule has 0 aliphatic carbocycles. The van der Waals surface area contributed by atoms with Crippen LogP contribution in [0.3, 0.4) is 0 Å². The molecule has 0 radical (unpaired) electrons. The molecule has 0 unspecified atom stereocenters. The summed E-state index contributed by atoms with van der Waals surface area (Å²) in [5, 5.41) is 22.9. The molecule has 0 aliphatic rings. The Labute approximate surface area is 235 Å². The fourth-order valence-electron chi connectivity index (χ4n) is 5.52. The minimum absolute atomic E-state index is 0.0610. The van der Waals surface area contributed by atoms with Crippen molar-refractivity contribution in [2.45, 2.75) is 84.5 Å². The lowest BCUT2D eigenvalue weighted by Crippen LogP contribution is -2.15. The third-order valence-corrected chi connectivity index (χ3v) is 7.95. The normalized spacial score (nSPS) is 13.7. The molecule has 0 spiro atoms. The van der Waals surface area contributed by atoms with Crippen molar-refractivity contribution in [3.8, 4) is 11.5 Å². The van der Waals surface area contributed by atoms with Gasteiger partial charge in [0.05, 0.1) is 0 Å². The van der Waals surface area contributed by atoms with Crippen molar-refractivity contribution in [2.75, 3.05) is 0 Å². The van der Waals surface area contributed by atoms with E-state index in [9.17, 15) is 10.2 Å². The van der Waals surface area contributed by atoms with Gasteiger partial charge in [-0.05, 0) is 50.6 Å². The van der Waals surface area contributed by atoms with Gasteiger partial charge in [-0.15, -0.1) is 0 Å². The Balaban J connectivity index is 1.85. The SMILES string of the molecule is C[C@H](c1ccccc1)c1cc(Cc2cc([C@@H](C)c3ccccc3)c(O)c(C(C)(C)C)c2)cc(C(C)(C)C)c1O. The van der Waals surface area contributed by atoms with E-state index >= 15 is 0 Å². The number of benzene rings is 4. The van der Waals surface area contributed by atoms with Crippen LogP contribution in [0.15, 0.2) is 84.9 Å². The second-order valence-electron chi connectivity index (χ2n) is 13.1. The highest BCUT2D eigenvalue weighted by atomic mass is 16.3. The summed E-state index contributed by atoms with van der Waals surface area (Å²) in [7, 11) is 0. The van der Waals surface area contributed by atoms with Gasteiger partial charge in [0.15, 0.2) is 0 Å². The van der Waals surface area contributed by atoms with Crippen molar-refractivity contribution in [1.82, 2.24) is 0 Å². The molecule has 0 saturated carbocycles. The topological polar surface area (TPSA) is 40.5 Å². The molecular formula is C37H44O2. The van der Waals surface area contributed by atoms with Gasteiger partial charge >= 0.3 is 0 Å². The number of phenols is 2. The maximum atomic E-state index is 11.4. The summed E-state index contributed by atoms with van der Waals surface area (Å²) in [6.07, 6.45) is 0.718. The number of rotatable bonds is 6. The van der Waals surface area contributed by atoms with Crippen LogP contribution in [0.25, 0.3) is 0 Å². The van der Waals surface area contributed by atoms with Gasteiger partial charge in [-0.3, -0.25) is 0 Å². The molecule has 0 heterocycles. The molecule has 4 aromatic carbocycles. The van der Waals surface area contributed by atoms with E-state index in [1.54, 1.807) is 0 Å². The summed E-state index contributed by atoms with van der Waals surface area (Å²) in [5.41, 5.74) is 8.13. The van der Waals surface area contributed by atoms with Crippen LogP contribution in [-0.4, -0.2) is 10.2 Å². The summed E-state index contributed by atoms with van der Waals surface area (Å²) in [6, 6.07) is 29.4. The lowest BCUT2D eigenvalue weighted by Gasteiger charge is -2.27. The highest BCUT2D eigenvalue weighted by molar-refractivity contribution is 5.54. The monoisotopic (exact) mass is 520 g/mol. The molecular weight excluding hydrogens is 476 g/mol. The molecule has 0 aromatic heterocycles. The van der Waals surface area contributed by atoms with Crippen LogP contribution < -0.4 is 0 Å². The minimum atomic E-state index is -0.205. The van der Waals surface area contributed by atoms with Crippen LogP contribution in [0, 0.1) is 0 Å². The smallest absolute Gasteiger partial charge is 0.123 e. The van der Waals surface area contributed by atoms with E-state index in [1.807, 2.05) is 12.1 Å². The van der Waals surface area contributed by atoms with Crippen LogP contribution in [0.5, 0.6) is 11.5 Å². The molecule has 2 nitrogen and oxygen atoms in total. The number of hydrogen-bond donors (Lipinski definition) is 2. The van der Waals surface area contributed by atoms with Crippen molar-refractivity contribution in [1.29, 1.82) is 0 Å². The van der Waals surface area contributed by atoms with E-state index < -0.39 is 0 Å². The lowest BCUT2D eigenvalue weighted by atomic mass is 9.79. The Morgan fingerprint density at radius 2 is 0.872 bits per heavy atom.